The summed E-state index contributed by atoms with van der Waals surface area (Å²) in [4.78, 5) is 13.9. The van der Waals surface area contributed by atoms with Crippen molar-refractivity contribution in [3.05, 3.63) is 35.9 Å². The van der Waals surface area contributed by atoms with E-state index in [0.29, 0.717) is 19.5 Å². The molecule has 0 aromatic heterocycles. The Hall–Kier alpha value is -1.10. The molecule has 0 aliphatic carbocycles. The molecule has 0 spiro atoms. The number of amides is 1. The molecule has 0 aliphatic heterocycles. The molecule has 20 heavy (non-hydrogen) atoms. The van der Waals surface area contributed by atoms with Gasteiger partial charge >= 0.3 is 0 Å². The van der Waals surface area contributed by atoms with Crippen LogP contribution in [0.4, 0.5) is 0 Å². The van der Waals surface area contributed by atoms with Crippen LogP contribution in [0.2, 0.25) is 0 Å². The van der Waals surface area contributed by atoms with Gasteiger partial charge in [0, 0.05) is 19.5 Å². The first-order valence-corrected chi connectivity index (χ1v) is 6.98. The van der Waals surface area contributed by atoms with E-state index in [4.69, 9.17) is 5.73 Å². The zero-order chi connectivity index (χ0) is 14.1. The molecule has 4 nitrogen and oxygen atoms in total. The van der Waals surface area contributed by atoms with Crippen molar-refractivity contribution in [2.24, 2.45) is 5.73 Å². The molecule has 1 amide bonds. The largest absolute Gasteiger partial charge is 0.354 e. The van der Waals surface area contributed by atoms with E-state index in [2.05, 4.69) is 36.2 Å². The fourth-order valence-electron chi connectivity index (χ4n) is 2.23. The number of hydrogen-bond donors (Lipinski definition) is 2. The molecule has 0 heterocycles. The van der Waals surface area contributed by atoms with Gasteiger partial charge in [-0.2, -0.15) is 0 Å². The Morgan fingerprint density at radius 2 is 1.85 bits per heavy atom. The molecular formula is C15H26ClN3O. The zero-order valence-corrected chi connectivity index (χ0v) is 13.2. The third kappa shape index (κ3) is 5.90. The lowest BCUT2D eigenvalue weighted by Crippen LogP contribution is -2.38. The summed E-state index contributed by atoms with van der Waals surface area (Å²) >= 11 is 0. The second-order valence-electron chi connectivity index (χ2n) is 4.49. The first-order valence-electron chi connectivity index (χ1n) is 6.98. The Morgan fingerprint density at radius 3 is 2.35 bits per heavy atom. The minimum Gasteiger partial charge on any atom is -0.354 e. The smallest absolute Gasteiger partial charge is 0.221 e. The lowest BCUT2D eigenvalue weighted by Gasteiger charge is -2.30. The second-order valence-corrected chi connectivity index (χ2v) is 4.49. The Bertz CT molecular complexity index is 369. The molecule has 0 bridgehead atoms. The van der Waals surface area contributed by atoms with E-state index in [1.54, 1.807) is 0 Å². The summed E-state index contributed by atoms with van der Waals surface area (Å²) in [5.74, 6) is 0.0237. The third-order valence-electron chi connectivity index (χ3n) is 3.30. The predicted octanol–water partition coefficient (Wildman–Crippen LogP) is 1.96. The van der Waals surface area contributed by atoms with Gasteiger partial charge in [0.15, 0.2) is 0 Å². The molecule has 0 aliphatic rings. The number of carbonyl (C=O) groups is 1. The van der Waals surface area contributed by atoms with Crippen molar-refractivity contribution < 1.29 is 4.79 Å². The second kappa shape index (κ2) is 10.7. The molecule has 0 saturated carbocycles. The highest BCUT2D eigenvalue weighted by Crippen LogP contribution is 2.19. The van der Waals surface area contributed by atoms with Crippen molar-refractivity contribution in [1.29, 1.82) is 0 Å². The quantitative estimate of drug-likeness (QED) is 0.771. The number of nitrogens with one attached hydrogen (secondary N) is 1. The van der Waals surface area contributed by atoms with Crippen LogP contribution in [0, 0.1) is 0 Å². The van der Waals surface area contributed by atoms with Crippen LogP contribution < -0.4 is 11.1 Å². The number of benzene rings is 1. The van der Waals surface area contributed by atoms with Gasteiger partial charge in [-0.1, -0.05) is 44.2 Å². The number of hydrogen-bond acceptors (Lipinski definition) is 3. The highest BCUT2D eigenvalue weighted by molar-refractivity contribution is 5.85. The average Bonchev–Trinajstić information content (AvgIpc) is 2.44. The molecule has 0 fully saturated rings. The van der Waals surface area contributed by atoms with Crippen LogP contribution in [-0.2, 0) is 4.79 Å². The van der Waals surface area contributed by atoms with Gasteiger partial charge in [0.25, 0.3) is 0 Å². The van der Waals surface area contributed by atoms with Crippen LogP contribution in [0.5, 0.6) is 0 Å². The van der Waals surface area contributed by atoms with E-state index < -0.39 is 0 Å². The molecule has 1 aromatic rings. The first kappa shape index (κ1) is 18.9. The summed E-state index contributed by atoms with van der Waals surface area (Å²) in [6.45, 7) is 7.23. The summed E-state index contributed by atoms with van der Waals surface area (Å²) in [5, 5.41) is 2.97. The maximum atomic E-state index is 11.6. The van der Waals surface area contributed by atoms with Crippen LogP contribution in [0.3, 0.4) is 0 Å². The molecule has 1 aromatic carbocycles. The van der Waals surface area contributed by atoms with Crippen molar-refractivity contribution in [2.45, 2.75) is 26.3 Å². The monoisotopic (exact) mass is 299 g/mol. The van der Waals surface area contributed by atoms with Crippen molar-refractivity contribution in [3.8, 4) is 0 Å². The number of nitrogens with zero attached hydrogens (tertiary/aromatic N) is 1. The van der Waals surface area contributed by atoms with Gasteiger partial charge in [-0.3, -0.25) is 9.69 Å². The molecule has 0 saturated heterocycles. The summed E-state index contributed by atoms with van der Waals surface area (Å²) in [7, 11) is 0. The summed E-state index contributed by atoms with van der Waals surface area (Å²) in [6, 6.07) is 10.5. The summed E-state index contributed by atoms with van der Waals surface area (Å²) < 4.78 is 0. The maximum absolute atomic E-state index is 11.6. The molecule has 114 valence electrons. The molecule has 1 atom stereocenters. The average molecular weight is 300 g/mol. The maximum Gasteiger partial charge on any atom is 0.221 e. The zero-order valence-electron chi connectivity index (χ0n) is 12.3. The first-order chi connectivity index (χ1) is 9.22. The van der Waals surface area contributed by atoms with E-state index in [1.165, 1.54) is 5.56 Å². The van der Waals surface area contributed by atoms with Gasteiger partial charge in [-0.05, 0) is 18.7 Å². The van der Waals surface area contributed by atoms with Crippen LogP contribution in [-0.4, -0.2) is 37.0 Å². The van der Waals surface area contributed by atoms with E-state index in [1.807, 2.05) is 18.2 Å². The number of halogens is 1. The van der Waals surface area contributed by atoms with Crippen molar-refractivity contribution in [1.82, 2.24) is 10.2 Å². The number of carbonyl (C=O) groups excluding carboxylic acids is 1. The SMILES string of the molecule is CCN(CC)C(CNC(=O)CCN)c1ccccc1.Cl. The Balaban J connectivity index is 0.00000361. The Kier molecular flexibility index (Phi) is 10.1. The fraction of sp³-hybridized carbons (Fsp3) is 0.533. The number of likely N-dealkylation sites (N-methyl/N-ethyl adjacent to an activating group) is 1. The fourth-order valence-corrected chi connectivity index (χ4v) is 2.23. The van der Waals surface area contributed by atoms with Gasteiger partial charge in [0.05, 0.1) is 6.04 Å². The standard InChI is InChI=1S/C15H25N3O.ClH/c1-3-18(4-2)14(12-17-15(19)10-11-16)13-8-6-5-7-9-13;/h5-9,14H,3-4,10-12,16H2,1-2H3,(H,17,19);1H. The number of nitrogens with two attached hydrogens (primary N) is 1. The van der Waals surface area contributed by atoms with E-state index >= 15 is 0 Å². The van der Waals surface area contributed by atoms with Crippen LogP contribution in [0.1, 0.15) is 31.9 Å². The molecule has 1 rings (SSSR count). The lowest BCUT2D eigenvalue weighted by atomic mass is 10.1. The summed E-state index contributed by atoms with van der Waals surface area (Å²) in [6.07, 6.45) is 0.389. The van der Waals surface area contributed by atoms with Gasteiger partial charge in [0.1, 0.15) is 0 Å². The van der Waals surface area contributed by atoms with E-state index in [9.17, 15) is 4.79 Å². The molecule has 1 unspecified atom stereocenters. The third-order valence-corrected chi connectivity index (χ3v) is 3.30. The predicted molar refractivity (Wildman–Crippen MR) is 86.0 cm³/mol. The van der Waals surface area contributed by atoms with Crippen LogP contribution in [0.15, 0.2) is 30.3 Å². The van der Waals surface area contributed by atoms with Crippen molar-refractivity contribution in [2.75, 3.05) is 26.2 Å². The van der Waals surface area contributed by atoms with Crippen LogP contribution in [0.25, 0.3) is 0 Å². The minimum atomic E-state index is 0. The Morgan fingerprint density at radius 1 is 1.25 bits per heavy atom. The highest BCUT2D eigenvalue weighted by atomic mass is 35.5. The van der Waals surface area contributed by atoms with Crippen LogP contribution >= 0.6 is 12.4 Å². The van der Waals surface area contributed by atoms with Gasteiger partial charge in [-0.25, -0.2) is 0 Å². The topological polar surface area (TPSA) is 58.4 Å². The van der Waals surface area contributed by atoms with Gasteiger partial charge < -0.3 is 11.1 Å². The molecule has 3 N–H and O–H groups in total. The number of rotatable bonds is 8. The Labute approximate surface area is 128 Å². The minimum absolute atomic E-state index is 0. The van der Waals surface area contributed by atoms with Crippen molar-refractivity contribution >= 4 is 18.3 Å². The summed E-state index contributed by atoms with van der Waals surface area (Å²) in [5.41, 5.74) is 6.62. The van der Waals surface area contributed by atoms with Gasteiger partial charge in [0.2, 0.25) is 5.91 Å². The lowest BCUT2D eigenvalue weighted by molar-refractivity contribution is -0.121. The normalized spacial score (nSPS) is 11.8. The van der Waals surface area contributed by atoms with E-state index in [0.717, 1.165) is 13.1 Å². The highest BCUT2D eigenvalue weighted by Gasteiger charge is 2.18. The molecular weight excluding hydrogens is 274 g/mol. The van der Waals surface area contributed by atoms with Gasteiger partial charge in [-0.15, -0.1) is 12.4 Å². The molecule has 0 radical (unpaired) electrons. The molecule has 5 heteroatoms. The van der Waals surface area contributed by atoms with E-state index in [-0.39, 0.29) is 24.4 Å². The van der Waals surface area contributed by atoms with Crippen molar-refractivity contribution in [3.63, 3.8) is 0 Å².